The first-order valence-electron chi connectivity index (χ1n) is 20.7. The van der Waals surface area contributed by atoms with E-state index in [-0.39, 0.29) is 20.0 Å². The number of rotatable bonds is 24. The zero-order valence-electron chi connectivity index (χ0n) is 33.5. The van der Waals surface area contributed by atoms with Gasteiger partial charge in [0.15, 0.2) is 11.6 Å². The molecular weight excluding hydrogens is 842 g/mol. The van der Waals surface area contributed by atoms with Crippen molar-refractivity contribution in [3.8, 4) is 22.5 Å². The van der Waals surface area contributed by atoms with Crippen molar-refractivity contribution in [1.29, 1.82) is 0 Å². The van der Waals surface area contributed by atoms with Gasteiger partial charge in [0.25, 0.3) is 0 Å². The molecule has 4 aromatic rings. The molecule has 0 aliphatic heterocycles. The lowest BCUT2D eigenvalue weighted by atomic mass is 9.96. The van der Waals surface area contributed by atoms with E-state index in [9.17, 15) is 18.4 Å². The molecule has 0 N–H and O–H groups in total. The van der Waals surface area contributed by atoms with Crippen molar-refractivity contribution in [2.75, 3.05) is 13.2 Å². The number of ether oxygens (including phenoxy) is 2. The van der Waals surface area contributed by atoms with Crippen molar-refractivity contribution in [1.82, 2.24) is 9.97 Å². The lowest BCUT2D eigenvalue weighted by molar-refractivity contribution is 0.0414. The van der Waals surface area contributed by atoms with E-state index in [1.165, 1.54) is 38.5 Å². The molecule has 0 saturated heterocycles. The lowest BCUT2D eigenvalue weighted by Gasteiger charge is -2.17. The fourth-order valence-electron chi connectivity index (χ4n) is 6.95. The molecule has 4 rings (SSSR count). The highest BCUT2D eigenvalue weighted by atomic mass is 79.9. The summed E-state index contributed by atoms with van der Waals surface area (Å²) < 4.78 is 41.1. The van der Waals surface area contributed by atoms with Crippen LogP contribution in [0.4, 0.5) is 8.78 Å². The van der Waals surface area contributed by atoms with E-state index >= 15 is 0 Å². The summed E-state index contributed by atoms with van der Waals surface area (Å²) in [6.07, 6.45) is 18.0. The maximum atomic E-state index is 14.9. The van der Waals surface area contributed by atoms with Crippen LogP contribution >= 0.6 is 31.9 Å². The summed E-state index contributed by atoms with van der Waals surface area (Å²) in [5.41, 5.74) is 3.06. The number of benzene rings is 3. The number of fused-ring (bicyclic) bond motifs is 1. The van der Waals surface area contributed by atoms with E-state index in [1.807, 2.05) is 0 Å². The predicted octanol–water partition coefficient (Wildman–Crippen LogP) is 14.6. The Labute approximate surface area is 349 Å². The smallest absolute Gasteiger partial charge is 0.338 e. The normalized spacial score (nSPS) is 12.5. The SMILES string of the molecule is CCCCCCC(CCCC)COC(=O)c1ccc(-c2nc3c(Br)c(F)c(F)c(Br)c3nc2-c2ccc(C(=O)OCC(CCCC)CCCCCC)cc2)cc1. The van der Waals surface area contributed by atoms with Crippen molar-refractivity contribution < 1.29 is 27.8 Å². The molecule has 0 radical (unpaired) electrons. The monoisotopic (exact) mass is 898 g/mol. The third-order valence-electron chi connectivity index (χ3n) is 10.4. The number of aromatic nitrogens is 2. The van der Waals surface area contributed by atoms with Gasteiger partial charge in [-0.2, -0.15) is 0 Å². The standard InChI is InChI=1S/C46H58Br2F2N2O4/c1-5-9-13-15-19-31(17-11-7-3)29-55-45(53)35-25-21-33(22-26-35)41-42(52-44-38(48)40(50)39(49)37(47)43(44)51-41)34-23-27-36(28-24-34)46(54)56-30-32(18-12-8-4)20-16-14-10-6-2/h21-28,31-32H,5-20,29-30H2,1-4H3. The van der Waals surface area contributed by atoms with Gasteiger partial charge in [-0.3, -0.25) is 0 Å². The summed E-state index contributed by atoms with van der Waals surface area (Å²) in [7, 11) is 0. The summed E-state index contributed by atoms with van der Waals surface area (Å²) in [6, 6.07) is 13.7. The molecule has 2 unspecified atom stereocenters. The van der Waals surface area contributed by atoms with E-state index in [0.717, 1.165) is 64.2 Å². The van der Waals surface area contributed by atoms with E-state index in [4.69, 9.17) is 19.4 Å². The van der Waals surface area contributed by atoms with E-state index in [2.05, 4.69) is 59.6 Å². The molecule has 6 nitrogen and oxygen atoms in total. The van der Waals surface area contributed by atoms with Crippen LogP contribution in [0.2, 0.25) is 0 Å². The highest BCUT2D eigenvalue weighted by molar-refractivity contribution is 9.11. The molecular formula is C46H58Br2F2N2O4. The van der Waals surface area contributed by atoms with Crippen molar-refractivity contribution in [3.63, 3.8) is 0 Å². The van der Waals surface area contributed by atoms with Gasteiger partial charge in [0.05, 0.1) is 44.7 Å². The molecule has 0 fully saturated rings. The molecule has 3 aromatic carbocycles. The van der Waals surface area contributed by atoms with Crippen molar-refractivity contribution >= 4 is 54.8 Å². The van der Waals surface area contributed by atoms with Crippen molar-refractivity contribution in [2.24, 2.45) is 11.8 Å². The minimum absolute atomic E-state index is 0.127. The fourth-order valence-corrected chi connectivity index (χ4v) is 7.85. The molecule has 0 bridgehead atoms. The number of halogens is 4. The zero-order chi connectivity index (χ0) is 40.5. The first-order valence-corrected chi connectivity index (χ1v) is 22.3. The number of carbonyl (C=O) groups is 2. The van der Waals surface area contributed by atoms with Crippen LogP contribution in [0.25, 0.3) is 33.5 Å². The van der Waals surface area contributed by atoms with Crippen LogP contribution in [-0.4, -0.2) is 35.1 Å². The van der Waals surface area contributed by atoms with Gasteiger partial charge >= 0.3 is 11.9 Å². The zero-order valence-corrected chi connectivity index (χ0v) is 36.7. The van der Waals surface area contributed by atoms with E-state index in [0.29, 0.717) is 58.7 Å². The summed E-state index contributed by atoms with van der Waals surface area (Å²) in [5, 5.41) is 0. The number of carbonyl (C=O) groups excluding carboxylic acids is 2. The molecule has 0 amide bonds. The number of hydrogen-bond acceptors (Lipinski definition) is 6. The van der Waals surface area contributed by atoms with Gasteiger partial charge in [0.2, 0.25) is 0 Å². The van der Waals surface area contributed by atoms with Gasteiger partial charge in [0.1, 0.15) is 11.0 Å². The second kappa shape index (κ2) is 23.9. The highest BCUT2D eigenvalue weighted by Crippen LogP contribution is 2.38. The van der Waals surface area contributed by atoms with Crippen LogP contribution in [0.3, 0.4) is 0 Å². The first-order chi connectivity index (χ1) is 27.1. The Morgan fingerprint density at radius 2 is 0.875 bits per heavy atom. The molecule has 0 aliphatic carbocycles. The molecule has 0 spiro atoms. The van der Waals surface area contributed by atoms with Gasteiger partial charge < -0.3 is 9.47 Å². The average Bonchev–Trinajstić information content (AvgIpc) is 3.23. The molecule has 2 atom stereocenters. The van der Waals surface area contributed by atoms with Crippen LogP contribution in [0.15, 0.2) is 57.5 Å². The Kier molecular flexibility index (Phi) is 19.4. The van der Waals surface area contributed by atoms with Gasteiger partial charge in [0, 0.05) is 11.1 Å². The minimum atomic E-state index is -1.08. The van der Waals surface area contributed by atoms with Crippen molar-refractivity contribution in [2.45, 2.75) is 130 Å². The molecule has 10 heteroatoms. The number of esters is 2. The lowest BCUT2D eigenvalue weighted by Crippen LogP contribution is -2.15. The molecule has 304 valence electrons. The Bertz CT molecular complexity index is 1720. The van der Waals surface area contributed by atoms with E-state index in [1.54, 1.807) is 48.5 Å². The molecule has 0 saturated carbocycles. The van der Waals surface area contributed by atoms with Gasteiger partial charge in [-0.25, -0.2) is 28.3 Å². The van der Waals surface area contributed by atoms with Gasteiger partial charge in [-0.15, -0.1) is 0 Å². The summed E-state index contributed by atoms with van der Waals surface area (Å²) in [5.74, 6) is -2.28. The second-order valence-electron chi connectivity index (χ2n) is 14.9. The molecule has 56 heavy (non-hydrogen) atoms. The van der Waals surface area contributed by atoms with Crippen molar-refractivity contribution in [3.05, 3.63) is 80.2 Å². The van der Waals surface area contributed by atoms with Crippen LogP contribution in [0, 0.1) is 23.5 Å². The first kappa shape index (κ1) is 45.5. The minimum Gasteiger partial charge on any atom is -0.462 e. The predicted molar refractivity (Wildman–Crippen MR) is 230 cm³/mol. The summed E-state index contributed by atoms with van der Waals surface area (Å²) in [6.45, 7) is 9.52. The number of nitrogens with zero attached hydrogens (tertiary/aromatic N) is 2. The Morgan fingerprint density at radius 1 is 0.536 bits per heavy atom. The number of unbranched alkanes of at least 4 members (excludes halogenated alkanes) is 8. The molecule has 1 heterocycles. The summed E-state index contributed by atoms with van der Waals surface area (Å²) >= 11 is 6.37. The van der Waals surface area contributed by atoms with Crippen LogP contribution < -0.4 is 0 Å². The Morgan fingerprint density at radius 3 is 1.21 bits per heavy atom. The van der Waals surface area contributed by atoms with Gasteiger partial charge in [-0.05, 0) is 93.6 Å². The maximum Gasteiger partial charge on any atom is 0.338 e. The average molecular weight is 901 g/mol. The quantitative estimate of drug-likeness (QED) is 0.0302. The third kappa shape index (κ3) is 12.9. The van der Waals surface area contributed by atoms with Crippen LogP contribution in [-0.2, 0) is 9.47 Å². The highest BCUT2D eigenvalue weighted by Gasteiger charge is 2.24. The number of hydrogen-bond donors (Lipinski definition) is 0. The fraction of sp³-hybridized carbons (Fsp3) is 0.522. The second-order valence-corrected chi connectivity index (χ2v) is 16.5. The largest absolute Gasteiger partial charge is 0.462 e. The third-order valence-corrected chi connectivity index (χ3v) is 11.9. The maximum absolute atomic E-state index is 14.9. The topological polar surface area (TPSA) is 78.4 Å². The Hall–Kier alpha value is -3.24. The van der Waals surface area contributed by atoms with Crippen LogP contribution in [0.5, 0.6) is 0 Å². The molecule has 1 aromatic heterocycles. The molecule has 0 aliphatic rings. The van der Waals surface area contributed by atoms with E-state index < -0.39 is 23.6 Å². The Balaban J connectivity index is 1.58. The van der Waals surface area contributed by atoms with Gasteiger partial charge in [-0.1, -0.05) is 129 Å². The van der Waals surface area contributed by atoms with Crippen LogP contribution in [0.1, 0.15) is 151 Å². The summed E-state index contributed by atoms with van der Waals surface area (Å²) in [4.78, 5) is 35.9.